The van der Waals surface area contributed by atoms with Crippen LogP contribution in [0.4, 0.5) is 14.5 Å². The summed E-state index contributed by atoms with van der Waals surface area (Å²) in [4.78, 5) is 12.5. The van der Waals surface area contributed by atoms with Crippen LogP contribution in [0.15, 0.2) is 41.3 Å². The predicted molar refractivity (Wildman–Crippen MR) is 113 cm³/mol. The van der Waals surface area contributed by atoms with Gasteiger partial charge in [0, 0.05) is 18.5 Å². The third-order valence-electron chi connectivity index (χ3n) is 5.50. The van der Waals surface area contributed by atoms with E-state index in [2.05, 4.69) is 18.8 Å². The van der Waals surface area contributed by atoms with Gasteiger partial charge >= 0.3 is 0 Å². The predicted octanol–water partition coefficient (Wildman–Crippen LogP) is 3.69. The first kappa shape index (κ1) is 21.7. The number of nitrogens with one attached hydrogen (secondary N) is 2. The van der Waals surface area contributed by atoms with Crippen LogP contribution in [0.1, 0.15) is 25.7 Å². The fourth-order valence-corrected chi connectivity index (χ4v) is 5.64. The minimum Gasteiger partial charge on any atom is -0.323 e. The fourth-order valence-electron chi connectivity index (χ4n) is 3.76. The van der Waals surface area contributed by atoms with Crippen molar-refractivity contribution < 1.29 is 22.0 Å². The van der Waals surface area contributed by atoms with Gasteiger partial charge in [0.25, 0.3) is 0 Å². The molecule has 1 aliphatic rings. The third-order valence-corrected chi connectivity index (χ3v) is 7.50. The summed E-state index contributed by atoms with van der Waals surface area (Å²) < 4.78 is 63.2. The van der Waals surface area contributed by atoms with E-state index in [9.17, 15) is 22.0 Å². The molecule has 3 aromatic rings. The maximum atomic E-state index is 13.7. The van der Waals surface area contributed by atoms with Gasteiger partial charge in [0.2, 0.25) is 15.9 Å². The first-order valence-corrected chi connectivity index (χ1v) is 12.0. The number of hydrogen-bond acceptors (Lipinski definition) is 6. The van der Waals surface area contributed by atoms with Crippen LogP contribution in [0.2, 0.25) is 0 Å². The second-order valence-electron chi connectivity index (χ2n) is 7.57. The van der Waals surface area contributed by atoms with Gasteiger partial charge in [-0.2, -0.15) is 8.75 Å². The van der Waals surface area contributed by atoms with Gasteiger partial charge in [0.05, 0.1) is 17.4 Å². The lowest BCUT2D eigenvalue weighted by atomic mass is 9.81. The summed E-state index contributed by atoms with van der Waals surface area (Å²) in [5, 5.41) is 2.45. The molecular weight excluding hydrogens is 446 g/mol. The number of hydrogen-bond donors (Lipinski definition) is 2. The van der Waals surface area contributed by atoms with Crippen LogP contribution in [0, 0.1) is 23.5 Å². The van der Waals surface area contributed by atoms with Crippen molar-refractivity contribution in [1.29, 1.82) is 0 Å². The number of halogens is 2. The Morgan fingerprint density at radius 1 is 1.10 bits per heavy atom. The van der Waals surface area contributed by atoms with E-state index in [1.165, 1.54) is 6.07 Å². The molecule has 0 atom stereocenters. The van der Waals surface area contributed by atoms with Crippen molar-refractivity contribution in [2.24, 2.45) is 11.8 Å². The largest absolute Gasteiger partial charge is 0.323 e. The van der Waals surface area contributed by atoms with Gasteiger partial charge in [-0.1, -0.05) is 6.07 Å². The van der Waals surface area contributed by atoms with Crippen LogP contribution in [0.5, 0.6) is 0 Å². The quantitative estimate of drug-likeness (QED) is 0.577. The summed E-state index contributed by atoms with van der Waals surface area (Å²) in [6.07, 6.45) is 2.38. The topological polar surface area (TPSA) is 101 Å². The SMILES string of the molecule is O=C(Nc1cc(F)ccc1F)C1CCC(CNS(=O)(=O)c2cccc3nsnc23)CC1. The molecule has 0 saturated heterocycles. The first-order valence-electron chi connectivity index (χ1n) is 9.80. The molecule has 1 amide bonds. The first-order chi connectivity index (χ1) is 14.8. The van der Waals surface area contributed by atoms with Crippen molar-refractivity contribution in [2.75, 3.05) is 11.9 Å². The number of amides is 1. The Kier molecular flexibility index (Phi) is 6.26. The highest BCUT2D eigenvalue weighted by atomic mass is 32.2. The number of carbonyl (C=O) groups is 1. The Hall–Kier alpha value is -2.50. The molecule has 0 spiro atoms. The molecule has 0 aliphatic heterocycles. The number of aromatic nitrogens is 2. The van der Waals surface area contributed by atoms with Gasteiger partial charge in [0.15, 0.2) is 0 Å². The number of sulfonamides is 1. The summed E-state index contributed by atoms with van der Waals surface area (Å²) in [6.45, 7) is 0.253. The van der Waals surface area contributed by atoms with Gasteiger partial charge in [-0.25, -0.2) is 21.9 Å². The highest BCUT2D eigenvalue weighted by Crippen LogP contribution is 2.30. The maximum Gasteiger partial charge on any atom is 0.242 e. The van der Waals surface area contributed by atoms with E-state index in [1.807, 2.05) is 0 Å². The number of anilines is 1. The van der Waals surface area contributed by atoms with Gasteiger partial charge in [0.1, 0.15) is 27.6 Å². The Labute approximate surface area is 182 Å². The van der Waals surface area contributed by atoms with Gasteiger partial charge in [-0.3, -0.25) is 4.79 Å². The number of carbonyl (C=O) groups excluding carboxylic acids is 1. The Balaban J connectivity index is 1.31. The molecule has 0 bridgehead atoms. The van der Waals surface area contributed by atoms with Crippen LogP contribution < -0.4 is 10.0 Å². The zero-order valence-corrected chi connectivity index (χ0v) is 18.0. The number of fused-ring (bicyclic) bond motifs is 1. The minimum absolute atomic E-state index is 0.0810. The number of nitrogens with zero attached hydrogens (tertiary/aromatic N) is 2. The normalized spacial score (nSPS) is 19.4. The van der Waals surface area contributed by atoms with E-state index in [1.54, 1.807) is 12.1 Å². The molecular formula is C20H20F2N4O3S2. The molecule has 0 radical (unpaired) electrons. The van der Waals surface area contributed by atoms with E-state index >= 15 is 0 Å². The molecule has 2 aromatic carbocycles. The van der Waals surface area contributed by atoms with Crippen LogP contribution in [-0.4, -0.2) is 29.6 Å². The maximum absolute atomic E-state index is 13.7. The van der Waals surface area contributed by atoms with Gasteiger partial charge in [-0.15, -0.1) is 0 Å². The highest BCUT2D eigenvalue weighted by Gasteiger charge is 2.28. The smallest absolute Gasteiger partial charge is 0.242 e. The number of benzene rings is 2. The lowest BCUT2D eigenvalue weighted by molar-refractivity contribution is -0.121. The summed E-state index contributed by atoms with van der Waals surface area (Å²) in [6, 6.07) is 7.74. The van der Waals surface area contributed by atoms with E-state index in [0.29, 0.717) is 36.7 Å². The minimum atomic E-state index is -3.74. The second kappa shape index (κ2) is 8.93. The summed E-state index contributed by atoms with van der Waals surface area (Å²) in [5.74, 6) is -1.92. The summed E-state index contributed by atoms with van der Waals surface area (Å²) in [5.41, 5.74) is 0.713. The standard InChI is InChI=1S/C20H20F2N4O3S2/c21-14-8-9-15(22)17(10-14)24-20(27)13-6-4-12(5-7-13)11-23-31(28,29)18-3-1-2-16-19(18)26-30-25-16/h1-3,8-10,12-13,23H,4-7,11H2,(H,24,27). The second-order valence-corrected chi connectivity index (χ2v) is 9.83. The van der Waals surface area contributed by atoms with E-state index in [0.717, 1.165) is 29.9 Å². The molecule has 4 rings (SSSR count). The lowest BCUT2D eigenvalue weighted by Crippen LogP contribution is -2.33. The molecule has 1 aromatic heterocycles. The van der Waals surface area contributed by atoms with Crippen LogP contribution >= 0.6 is 11.7 Å². The summed E-state index contributed by atoms with van der Waals surface area (Å²) >= 11 is 0.960. The molecule has 1 fully saturated rings. The zero-order chi connectivity index (χ0) is 22.0. The van der Waals surface area contributed by atoms with Crippen molar-refractivity contribution >= 4 is 44.4 Å². The van der Waals surface area contributed by atoms with E-state index in [-0.39, 0.29) is 34.9 Å². The van der Waals surface area contributed by atoms with Crippen molar-refractivity contribution in [3.63, 3.8) is 0 Å². The molecule has 7 nitrogen and oxygen atoms in total. The van der Waals surface area contributed by atoms with Crippen LogP contribution in [0.25, 0.3) is 11.0 Å². The fraction of sp³-hybridized carbons (Fsp3) is 0.350. The zero-order valence-electron chi connectivity index (χ0n) is 16.3. The Morgan fingerprint density at radius 2 is 1.87 bits per heavy atom. The highest BCUT2D eigenvalue weighted by molar-refractivity contribution is 7.89. The lowest BCUT2D eigenvalue weighted by Gasteiger charge is -2.28. The van der Waals surface area contributed by atoms with Crippen LogP contribution in [-0.2, 0) is 14.8 Å². The van der Waals surface area contributed by atoms with Crippen molar-refractivity contribution in [3.05, 3.63) is 48.0 Å². The van der Waals surface area contributed by atoms with E-state index < -0.39 is 21.7 Å². The molecule has 1 aliphatic carbocycles. The molecule has 164 valence electrons. The van der Waals surface area contributed by atoms with Gasteiger partial charge < -0.3 is 5.32 Å². The van der Waals surface area contributed by atoms with E-state index in [4.69, 9.17) is 0 Å². The molecule has 2 N–H and O–H groups in total. The van der Waals surface area contributed by atoms with Crippen molar-refractivity contribution in [3.8, 4) is 0 Å². The molecule has 1 saturated carbocycles. The number of rotatable bonds is 6. The van der Waals surface area contributed by atoms with Crippen molar-refractivity contribution in [2.45, 2.75) is 30.6 Å². The summed E-state index contributed by atoms with van der Waals surface area (Å²) in [7, 11) is -3.74. The Bertz CT molecular complexity index is 1210. The van der Waals surface area contributed by atoms with Crippen LogP contribution in [0.3, 0.4) is 0 Å². The molecule has 31 heavy (non-hydrogen) atoms. The third kappa shape index (κ3) is 4.89. The molecule has 0 unspecified atom stereocenters. The Morgan fingerprint density at radius 3 is 2.65 bits per heavy atom. The van der Waals surface area contributed by atoms with Gasteiger partial charge in [-0.05, 0) is 55.9 Å². The van der Waals surface area contributed by atoms with Crippen molar-refractivity contribution in [1.82, 2.24) is 13.5 Å². The molecule has 1 heterocycles. The monoisotopic (exact) mass is 466 g/mol. The average Bonchev–Trinajstić information content (AvgIpc) is 3.24. The molecule has 11 heteroatoms. The average molecular weight is 467 g/mol.